The molecule has 1 aliphatic heterocycles. The number of hydrogen-bond acceptors (Lipinski definition) is 8. The van der Waals surface area contributed by atoms with Gasteiger partial charge in [0.05, 0.1) is 22.4 Å². The zero-order chi connectivity index (χ0) is 26.5. The molecule has 10 nitrogen and oxygen atoms in total. The molecule has 0 aliphatic carbocycles. The van der Waals surface area contributed by atoms with E-state index < -0.39 is 0 Å². The standard InChI is InChI=1S/C26H34ClN7O3/c1-28-24(35)17-37-23-15-19-13-18(5-6-22(19)32(4)25(23)36)14-21-20(27)16-29-26(30-21)34-11-9-33(10-12-34)8-7-31(2)3/h5-6,13,15-16H,7-12,14,17H2,1-4H3,(H,28,35). The maximum absolute atomic E-state index is 12.6. The Bertz CT molecular complexity index is 1320. The van der Waals surface area contributed by atoms with Crippen LogP contribution in [0.3, 0.4) is 0 Å². The number of carbonyl (C=O) groups is 1. The van der Waals surface area contributed by atoms with Gasteiger partial charge in [0.1, 0.15) is 0 Å². The number of amides is 1. The molecule has 1 fully saturated rings. The number of fused-ring (bicyclic) bond motifs is 1. The van der Waals surface area contributed by atoms with E-state index in [1.807, 2.05) is 18.2 Å². The van der Waals surface area contributed by atoms with Crippen LogP contribution in [0.1, 0.15) is 11.3 Å². The second kappa shape index (κ2) is 11.9. The summed E-state index contributed by atoms with van der Waals surface area (Å²) < 4.78 is 6.99. The van der Waals surface area contributed by atoms with E-state index in [-0.39, 0.29) is 23.8 Å². The Labute approximate surface area is 221 Å². The molecular weight excluding hydrogens is 494 g/mol. The monoisotopic (exact) mass is 527 g/mol. The van der Waals surface area contributed by atoms with Crippen molar-refractivity contribution in [1.82, 2.24) is 29.7 Å². The van der Waals surface area contributed by atoms with Gasteiger partial charge in [-0.25, -0.2) is 9.97 Å². The van der Waals surface area contributed by atoms with Crippen molar-refractivity contribution in [2.24, 2.45) is 7.05 Å². The van der Waals surface area contributed by atoms with Crippen molar-refractivity contribution in [3.8, 4) is 5.75 Å². The number of pyridine rings is 1. The molecule has 1 N–H and O–H groups in total. The maximum atomic E-state index is 12.6. The minimum atomic E-state index is -0.305. The number of nitrogens with zero attached hydrogens (tertiary/aromatic N) is 6. The number of ether oxygens (including phenoxy) is 1. The quantitative estimate of drug-likeness (QED) is 0.446. The molecule has 1 aromatic carbocycles. The minimum Gasteiger partial charge on any atom is -0.478 e. The molecule has 11 heteroatoms. The average Bonchev–Trinajstić information content (AvgIpc) is 2.90. The Morgan fingerprint density at radius 3 is 2.65 bits per heavy atom. The Morgan fingerprint density at radius 1 is 1.19 bits per heavy atom. The summed E-state index contributed by atoms with van der Waals surface area (Å²) in [6, 6.07) is 7.53. The van der Waals surface area contributed by atoms with Gasteiger partial charge in [0.25, 0.3) is 11.5 Å². The largest absolute Gasteiger partial charge is 0.478 e. The predicted molar refractivity (Wildman–Crippen MR) is 146 cm³/mol. The smallest absolute Gasteiger partial charge is 0.293 e. The molecule has 1 aliphatic rings. The van der Waals surface area contributed by atoms with Gasteiger partial charge in [0, 0.05) is 65.2 Å². The third-order valence-electron chi connectivity index (χ3n) is 6.59. The molecule has 3 heterocycles. The number of anilines is 1. The lowest BCUT2D eigenvalue weighted by Gasteiger charge is -2.35. The number of nitrogens with one attached hydrogen (secondary N) is 1. The topological polar surface area (TPSA) is 95.8 Å². The number of aryl methyl sites for hydroxylation is 1. The van der Waals surface area contributed by atoms with Crippen LogP contribution in [0, 0.1) is 0 Å². The molecule has 0 radical (unpaired) electrons. The van der Waals surface area contributed by atoms with E-state index in [1.54, 1.807) is 19.3 Å². The molecule has 3 aromatic rings. The van der Waals surface area contributed by atoms with Gasteiger partial charge in [-0.15, -0.1) is 0 Å². The fourth-order valence-electron chi connectivity index (χ4n) is 4.31. The third kappa shape index (κ3) is 6.57. The van der Waals surface area contributed by atoms with Crippen molar-refractivity contribution >= 4 is 34.4 Å². The summed E-state index contributed by atoms with van der Waals surface area (Å²) in [6.45, 7) is 5.57. The second-order valence-electron chi connectivity index (χ2n) is 9.50. The summed E-state index contributed by atoms with van der Waals surface area (Å²) in [5.41, 5.74) is 2.21. The highest BCUT2D eigenvalue weighted by Gasteiger charge is 2.20. The predicted octanol–water partition coefficient (Wildman–Crippen LogP) is 1.38. The summed E-state index contributed by atoms with van der Waals surface area (Å²) in [6.07, 6.45) is 2.19. The van der Waals surface area contributed by atoms with E-state index >= 15 is 0 Å². The minimum absolute atomic E-state index is 0.128. The van der Waals surface area contributed by atoms with E-state index in [0.717, 1.165) is 61.4 Å². The molecular formula is C26H34ClN7O3. The highest BCUT2D eigenvalue weighted by Crippen LogP contribution is 2.24. The Balaban J connectivity index is 1.51. The second-order valence-corrected chi connectivity index (χ2v) is 9.91. The van der Waals surface area contributed by atoms with Crippen LogP contribution in [-0.2, 0) is 18.3 Å². The van der Waals surface area contributed by atoms with E-state index in [9.17, 15) is 9.59 Å². The maximum Gasteiger partial charge on any atom is 0.293 e. The van der Waals surface area contributed by atoms with Crippen LogP contribution in [-0.4, -0.2) is 97.3 Å². The van der Waals surface area contributed by atoms with Gasteiger partial charge in [-0.3, -0.25) is 14.5 Å². The molecule has 1 saturated heterocycles. The van der Waals surface area contributed by atoms with Gasteiger partial charge < -0.3 is 24.4 Å². The highest BCUT2D eigenvalue weighted by atomic mass is 35.5. The Hall–Kier alpha value is -3.21. The van der Waals surface area contributed by atoms with E-state index in [1.165, 1.54) is 11.6 Å². The lowest BCUT2D eigenvalue weighted by molar-refractivity contribution is -0.122. The number of halogens is 1. The molecule has 0 unspecified atom stereocenters. The third-order valence-corrected chi connectivity index (χ3v) is 6.90. The molecule has 0 saturated carbocycles. The number of hydrogen-bond donors (Lipinski definition) is 1. The van der Waals surface area contributed by atoms with Crippen molar-refractivity contribution in [1.29, 1.82) is 0 Å². The van der Waals surface area contributed by atoms with Crippen LogP contribution < -0.4 is 20.5 Å². The van der Waals surface area contributed by atoms with E-state index in [0.29, 0.717) is 17.4 Å². The van der Waals surface area contributed by atoms with Crippen molar-refractivity contribution < 1.29 is 9.53 Å². The SMILES string of the molecule is CNC(=O)COc1cc2cc(Cc3nc(N4CCN(CCN(C)C)CC4)ncc3Cl)ccc2n(C)c1=O. The molecule has 198 valence electrons. The van der Waals surface area contributed by atoms with Crippen LogP contribution >= 0.6 is 11.6 Å². The number of likely N-dealkylation sites (N-methyl/N-ethyl adjacent to an activating group) is 2. The first-order valence-corrected chi connectivity index (χ1v) is 12.7. The fourth-order valence-corrected chi connectivity index (χ4v) is 4.46. The number of benzene rings is 1. The molecule has 37 heavy (non-hydrogen) atoms. The molecule has 0 bridgehead atoms. The lowest BCUT2D eigenvalue weighted by Crippen LogP contribution is -2.48. The van der Waals surface area contributed by atoms with Crippen LogP contribution in [0.5, 0.6) is 5.75 Å². The van der Waals surface area contributed by atoms with Crippen molar-refractivity contribution in [3.63, 3.8) is 0 Å². The van der Waals surface area contributed by atoms with Crippen molar-refractivity contribution in [2.45, 2.75) is 6.42 Å². The summed E-state index contributed by atoms with van der Waals surface area (Å²) in [4.78, 5) is 40.4. The summed E-state index contributed by atoms with van der Waals surface area (Å²) in [5.74, 6) is 0.516. The van der Waals surface area contributed by atoms with Gasteiger partial charge >= 0.3 is 0 Å². The van der Waals surface area contributed by atoms with Crippen LogP contribution in [0.15, 0.2) is 35.3 Å². The van der Waals surface area contributed by atoms with Gasteiger partial charge in [-0.2, -0.15) is 0 Å². The first-order valence-electron chi connectivity index (χ1n) is 12.3. The number of piperazine rings is 1. The van der Waals surface area contributed by atoms with Crippen molar-refractivity contribution in [3.05, 3.63) is 57.1 Å². The highest BCUT2D eigenvalue weighted by molar-refractivity contribution is 6.31. The van der Waals surface area contributed by atoms with Crippen molar-refractivity contribution in [2.75, 3.05) is 71.9 Å². The number of carbonyl (C=O) groups excluding carboxylic acids is 1. The number of rotatable bonds is 9. The lowest BCUT2D eigenvalue weighted by atomic mass is 10.1. The molecule has 2 aromatic heterocycles. The van der Waals surface area contributed by atoms with Gasteiger partial charge in [-0.05, 0) is 37.9 Å². The van der Waals surface area contributed by atoms with Gasteiger partial charge in [0.2, 0.25) is 5.95 Å². The average molecular weight is 528 g/mol. The molecule has 4 rings (SSSR count). The summed E-state index contributed by atoms with van der Waals surface area (Å²) in [5, 5.41) is 3.83. The van der Waals surface area contributed by atoms with Gasteiger partial charge in [-0.1, -0.05) is 17.7 Å². The summed E-state index contributed by atoms with van der Waals surface area (Å²) in [7, 11) is 7.39. The van der Waals surface area contributed by atoms with Crippen LogP contribution in [0.2, 0.25) is 5.02 Å². The van der Waals surface area contributed by atoms with Crippen LogP contribution in [0.25, 0.3) is 10.9 Å². The summed E-state index contributed by atoms with van der Waals surface area (Å²) >= 11 is 6.49. The number of aromatic nitrogens is 3. The first kappa shape index (κ1) is 26.8. The zero-order valence-electron chi connectivity index (χ0n) is 21.8. The van der Waals surface area contributed by atoms with Crippen LogP contribution in [0.4, 0.5) is 5.95 Å². The first-order chi connectivity index (χ1) is 17.7. The molecule has 1 amide bonds. The molecule has 0 atom stereocenters. The molecule has 0 spiro atoms. The Morgan fingerprint density at radius 2 is 1.95 bits per heavy atom. The Kier molecular flexibility index (Phi) is 8.63. The zero-order valence-corrected chi connectivity index (χ0v) is 22.6. The van der Waals surface area contributed by atoms with E-state index in [4.69, 9.17) is 21.3 Å². The van der Waals surface area contributed by atoms with E-state index in [2.05, 4.69) is 39.1 Å². The normalized spacial score (nSPS) is 14.4. The fraction of sp³-hybridized carbons (Fsp3) is 0.462. The van der Waals surface area contributed by atoms with Gasteiger partial charge in [0.15, 0.2) is 12.4 Å².